The van der Waals surface area contributed by atoms with E-state index in [1.807, 2.05) is 11.8 Å². The van der Waals surface area contributed by atoms with Crippen molar-refractivity contribution in [3.8, 4) is 0 Å². The summed E-state index contributed by atoms with van der Waals surface area (Å²) >= 11 is 0. The van der Waals surface area contributed by atoms with E-state index >= 15 is 0 Å². The molecule has 1 aliphatic heterocycles. The quantitative estimate of drug-likeness (QED) is 0.895. The summed E-state index contributed by atoms with van der Waals surface area (Å²) in [5.74, 6) is -0.212. The monoisotopic (exact) mass is 311 g/mol. The van der Waals surface area contributed by atoms with E-state index in [4.69, 9.17) is 5.73 Å². The SMILES string of the molecule is Cc1c(NC(=O)[C@H](C)N)cccc1C(=O)N1CCCC1.Cl. The van der Waals surface area contributed by atoms with E-state index in [0.29, 0.717) is 11.3 Å². The molecule has 1 aromatic rings. The van der Waals surface area contributed by atoms with E-state index in [0.717, 1.165) is 31.5 Å². The molecular weight excluding hydrogens is 290 g/mol. The number of halogens is 1. The van der Waals surface area contributed by atoms with Gasteiger partial charge in [-0.2, -0.15) is 0 Å². The van der Waals surface area contributed by atoms with Crippen molar-refractivity contribution >= 4 is 29.9 Å². The lowest BCUT2D eigenvalue weighted by molar-refractivity contribution is -0.117. The summed E-state index contributed by atoms with van der Waals surface area (Å²) in [6.07, 6.45) is 2.12. The van der Waals surface area contributed by atoms with Gasteiger partial charge < -0.3 is 16.0 Å². The Kier molecular flexibility index (Phi) is 6.18. The lowest BCUT2D eigenvalue weighted by Gasteiger charge is -2.18. The average molecular weight is 312 g/mol. The van der Waals surface area contributed by atoms with Gasteiger partial charge >= 0.3 is 0 Å². The van der Waals surface area contributed by atoms with Crippen molar-refractivity contribution in [1.29, 1.82) is 0 Å². The first-order chi connectivity index (χ1) is 9.50. The van der Waals surface area contributed by atoms with E-state index in [2.05, 4.69) is 5.32 Å². The van der Waals surface area contributed by atoms with Gasteiger partial charge in [-0.1, -0.05) is 6.07 Å². The van der Waals surface area contributed by atoms with E-state index in [-0.39, 0.29) is 24.2 Å². The van der Waals surface area contributed by atoms with Crippen LogP contribution in [-0.2, 0) is 4.79 Å². The first-order valence-electron chi connectivity index (χ1n) is 6.96. The van der Waals surface area contributed by atoms with E-state index in [1.54, 1.807) is 25.1 Å². The fourth-order valence-electron chi connectivity index (χ4n) is 2.34. The second-order valence-electron chi connectivity index (χ2n) is 5.26. The first-order valence-corrected chi connectivity index (χ1v) is 6.96. The number of anilines is 1. The van der Waals surface area contributed by atoms with Crippen LogP contribution in [0.25, 0.3) is 0 Å². The number of nitrogens with two attached hydrogens (primary N) is 1. The molecule has 1 aliphatic rings. The number of nitrogens with zero attached hydrogens (tertiary/aromatic N) is 1. The van der Waals surface area contributed by atoms with Crippen LogP contribution in [0.1, 0.15) is 35.7 Å². The van der Waals surface area contributed by atoms with Crippen LogP contribution < -0.4 is 11.1 Å². The number of hydrogen-bond donors (Lipinski definition) is 2. The molecule has 0 bridgehead atoms. The maximum atomic E-state index is 12.4. The van der Waals surface area contributed by atoms with Gasteiger partial charge in [0.2, 0.25) is 5.91 Å². The van der Waals surface area contributed by atoms with Crippen molar-refractivity contribution in [2.24, 2.45) is 5.73 Å². The predicted octanol–water partition coefficient (Wildman–Crippen LogP) is 1.94. The van der Waals surface area contributed by atoms with Gasteiger partial charge in [-0.05, 0) is 44.4 Å². The summed E-state index contributed by atoms with van der Waals surface area (Å²) in [6, 6.07) is 4.80. The van der Waals surface area contributed by atoms with Gasteiger partial charge in [0.1, 0.15) is 0 Å². The molecule has 1 aromatic carbocycles. The van der Waals surface area contributed by atoms with E-state index in [1.165, 1.54) is 0 Å². The molecule has 0 unspecified atom stereocenters. The van der Waals surface area contributed by atoms with Gasteiger partial charge in [-0.15, -0.1) is 12.4 Å². The number of carbonyl (C=O) groups excluding carboxylic acids is 2. The second-order valence-corrected chi connectivity index (χ2v) is 5.26. The zero-order chi connectivity index (χ0) is 14.7. The molecule has 6 heteroatoms. The Labute approximate surface area is 131 Å². The number of nitrogens with one attached hydrogen (secondary N) is 1. The largest absolute Gasteiger partial charge is 0.339 e. The highest BCUT2D eigenvalue weighted by atomic mass is 35.5. The number of benzene rings is 1. The molecular formula is C15H22ClN3O2. The highest BCUT2D eigenvalue weighted by Crippen LogP contribution is 2.22. The highest BCUT2D eigenvalue weighted by Gasteiger charge is 2.22. The van der Waals surface area contributed by atoms with Crippen molar-refractivity contribution in [2.75, 3.05) is 18.4 Å². The van der Waals surface area contributed by atoms with Gasteiger partial charge in [0.15, 0.2) is 0 Å². The van der Waals surface area contributed by atoms with Crippen LogP contribution in [-0.4, -0.2) is 35.8 Å². The summed E-state index contributed by atoms with van der Waals surface area (Å²) in [5, 5.41) is 2.76. The molecule has 116 valence electrons. The molecule has 1 saturated heterocycles. The second kappa shape index (κ2) is 7.43. The van der Waals surface area contributed by atoms with Crippen molar-refractivity contribution < 1.29 is 9.59 Å². The summed E-state index contributed by atoms with van der Waals surface area (Å²) in [5.41, 5.74) is 7.63. The van der Waals surface area contributed by atoms with E-state index < -0.39 is 6.04 Å². The van der Waals surface area contributed by atoms with Crippen LogP contribution in [0.5, 0.6) is 0 Å². The van der Waals surface area contributed by atoms with Crippen molar-refractivity contribution in [3.63, 3.8) is 0 Å². The summed E-state index contributed by atoms with van der Waals surface area (Å²) in [6.45, 7) is 5.10. The van der Waals surface area contributed by atoms with Gasteiger partial charge in [0.05, 0.1) is 6.04 Å². The summed E-state index contributed by atoms with van der Waals surface area (Å²) in [7, 11) is 0. The zero-order valence-electron chi connectivity index (χ0n) is 12.4. The van der Waals surface area contributed by atoms with Crippen molar-refractivity contribution in [2.45, 2.75) is 32.7 Å². The smallest absolute Gasteiger partial charge is 0.254 e. The molecule has 3 N–H and O–H groups in total. The standard InChI is InChI=1S/C15H21N3O2.ClH/c1-10-12(15(20)18-8-3-4-9-18)6-5-7-13(10)17-14(19)11(2)16;/h5-7,11H,3-4,8-9,16H2,1-2H3,(H,17,19);1H/t11-;/m0./s1. The first kappa shape index (κ1) is 17.5. The third kappa shape index (κ3) is 3.95. The molecule has 0 aromatic heterocycles. The fourth-order valence-corrected chi connectivity index (χ4v) is 2.34. The van der Waals surface area contributed by atoms with Crippen LogP contribution in [0.2, 0.25) is 0 Å². The predicted molar refractivity (Wildman–Crippen MR) is 85.8 cm³/mol. The van der Waals surface area contributed by atoms with Crippen molar-refractivity contribution in [1.82, 2.24) is 4.90 Å². The fraction of sp³-hybridized carbons (Fsp3) is 0.467. The molecule has 5 nitrogen and oxygen atoms in total. The van der Waals surface area contributed by atoms with Crippen LogP contribution >= 0.6 is 12.4 Å². The molecule has 2 rings (SSSR count). The number of amides is 2. The summed E-state index contributed by atoms with van der Waals surface area (Å²) in [4.78, 5) is 26.0. The minimum absolute atomic E-state index is 0. The Bertz CT molecular complexity index is 526. The Morgan fingerprint density at radius 1 is 1.29 bits per heavy atom. The Morgan fingerprint density at radius 3 is 2.48 bits per heavy atom. The molecule has 0 spiro atoms. The molecule has 0 radical (unpaired) electrons. The Morgan fingerprint density at radius 2 is 1.90 bits per heavy atom. The minimum Gasteiger partial charge on any atom is -0.339 e. The minimum atomic E-state index is -0.577. The highest BCUT2D eigenvalue weighted by molar-refractivity contribution is 6.00. The van der Waals surface area contributed by atoms with Crippen LogP contribution in [0.4, 0.5) is 5.69 Å². The molecule has 21 heavy (non-hydrogen) atoms. The number of rotatable bonds is 3. The molecule has 0 saturated carbocycles. The van der Waals surface area contributed by atoms with Crippen LogP contribution in [0.3, 0.4) is 0 Å². The van der Waals surface area contributed by atoms with Gasteiger partial charge in [0, 0.05) is 24.3 Å². The Balaban J connectivity index is 0.00000220. The number of likely N-dealkylation sites (tertiary alicyclic amines) is 1. The molecule has 0 aliphatic carbocycles. The topological polar surface area (TPSA) is 75.4 Å². The van der Waals surface area contributed by atoms with Crippen LogP contribution in [0.15, 0.2) is 18.2 Å². The Hall–Kier alpha value is -1.59. The lowest BCUT2D eigenvalue weighted by atomic mass is 10.1. The van der Waals surface area contributed by atoms with Crippen LogP contribution in [0, 0.1) is 6.92 Å². The lowest BCUT2D eigenvalue weighted by Crippen LogP contribution is -2.33. The third-order valence-corrected chi connectivity index (χ3v) is 3.63. The average Bonchev–Trinajstić information content (AvgIpc) is 2.94. The van der Waals surface area contributed by atoms with Gasteiger partial charge in [-0.3, -0.25) is 9.59 Å². The van der Waals surface area contributed by atoms with Gasteiger partial charge in [0.25, 0.3) is 5.91 Å². The molecule has 1 atom stereocenters. The van der Waals surface area contributed by atoms with Crippen molar-refractivity contribution in [3.05, 3.63) is 29.3 Å². The third-order valence-electron chi connectivity index (χ3n) is 3.63. The number of carbonyl (C=O) groups is 2. The summed E-state index contributed by atoms with van der Waals surface area (Å²) < 4.78 is 0. The molecule has 1 fully saturated rings. The number of hydrogen-bond acceptors (Lipinski definition) is 3. The normalized spacial score (nSPS) is 15.3. The van der Waals surface area contributed by atoms with Gasteiger partial charge in [-0.25, -0.2) is 0 Å². The maximum Gasteiger partial charge on any atom is 0.254 e. The maximum absolute atomic E-state index is 12.4. The molecule has 1 heterocycles. The van der Waals surface area contributed by atoms with E-state index in [9.17, 15) is 9.59 Å². The zero-order valence-corrected chi connectivity index (χ0v) is 13.2. The molecule has 2 amide bonds.